The van der Waals surface area contributed by atoms with E-state index in [0.29, 0.717) is 29.7 Å². The molecule has 1 fully saturated rings. The second-order valence-corrected chi connectivity index (χ2v) is 7.09. The summed E-state index contributed by atoms with van der Waals surface area (Å²) in [5.41, 5.74) is 3.42. The second-order valence-electron chi connectivity index (χ2n) is 7.09. The third-order valence-corrected chi connectivity index (χ3v) is 4.94. The van der Waals surface area contributed by atoms with Crippen LogP contribution in [0.1, 0.15) is 53.1 Å². The summed E-state index contributed by atoms with van der Waals surface area (Å²) >= 11 is 0. The number of hydrogen-bond donors (Lipinski definition) is 0. The summed E-state index contributed by atoms with van der Waals surface area (Å²) in [6, 6.07) is 7.75. The van der Waals surface area contributed by atoms with Gasteiger partial charge < -0.3 is 18.8 Å². The van der Waals surface area contributed by atoms with E-state index in [1.54, 1.807) is 25.3 Å². The first kappa shape index (κ1) is 20.7. The summed E-state index contributed by atoms with van der Waals surface area (Å²) in [7, 11) is 1.57. The van der Waals surface area contributed by atoms with Gasteiger partial charge in [0, 0.05) is 29.1 Å². The highest BCUT2D eigenvalue weighted by molar-refractivity contribution is 6.00. The highest BCUT2D eigenvalue weighted by Crippen LogP contribution is 2.38. The third-order valence-electron chi connectivity index (χ3n) is 4.94. The first-order chi connectivity index (χ1) is 13.9. The number of rotatable bonds is 9. The molecule has 6 heteroatoms. The van der Waals surface area contributed by atoms with Crippen molar-refractivity contribution in [3.05, 3.63) is 52.9 Å². The number of carbonyl (C=O) groups excluding carboxylic acids is 2. The molecule has 1 aromatic heterocycles. The van der Waals surface area contributed by atoms with E-state index in [4.69, 9.17) is 14.2 Å². The normalized spacial score (nSPS) is 13.5. The van der Waals surface area contributed by atoms with Crippen LogP contribution in [-0.2, 0) is 9.53 Å². The molecule has 0 atom stereocenters. The van der Waals surface area contributed by atoms with Gasteiger partial charge in [0.1, 0.15) is 0 Å². The Labute approximate surface area is 171 Å². The Hall–Kier alpha value is -3.02. The molecule has 0 amide bonds. The van der Waals surface area contributed by atoms with Crippen molar-refractivity contribution in [3.63, 3.8) is 0 Å². The van der Waals surface area contributed by atoms with Gasteiger partial charge in [0.15, 0.2) is 18.1 Å². The minimum atomic E-state index is -0.567. The van der Waals surface area contributed by atoms with Gasteiger partial charge >= 0.3 is 5.97 Å². The summed E-state index contributed by atoms with van der Waals surface area (Å²) in [4.78, 5) is 24.5. The van der Waals surface area contributed by atoms with Gasteiger partial charge in [0.25, 0.3) is 0 Å². The van der Waals surface area contributed by atoms with Gasteiger partial charge in [-0.1, -0.05) is 6.07 Å². The Kier molecular flexibility index (Phi) is 6.42. The molecule has 154 valence electrons. The summed E-state index contributed by atoms with van der Waals surface area (Å²) in [6.07, 6.45) is 5.23. The predicted molar refractivity (Wildman–Crippen MR) is 111 cm³/mol. The quantitative estimate of drug-likeness (QED) is 0.359. The fourth-order valence-corrected chi connectivity index (χ4v) is 3.45. The summed E-state index contributed by atoms with van der Waals surface area (Å²) < 4.78 is 18.1. The molecule has 1 aliphatic carbocycles. The molecule has 0 radical (unpaired) electrons. The van der Waals surface area contributed by atoms with E-state index < -0.39 is 5.97 Å². The van der Waals surface area contributed by atoms with Crippen LogP contribution >= 0.6 is 0 Å². The average molecular weight is 397 g/mol. The zero-order valence-electron chi connectivity index (χ0n) is 17.4. The van der Waals surface area contributed by atoms with E-state index in [0.717, 1.165) is 29.8 Å². The number of methoxy groups -OCH3 is 1. The topological polar surface area (TPSA) is 66.8 Å². The van der Waals surface area contributed by atoms with E-state index in [1.807, 2.05) is 32.9 Å². The number of esters is 1. The SMILES string of the molecule is CCOc1cc(/C=C/C(=O)OCC(=O)c2cc(C)n(C3CC3)c2C)ccc1OC. The molecule has 0 N–H and O–H groups in total. The van der Waals surface area contributed by atoms with Crippen molar-refractivity contribution in [1.82, 2.24) is 4.57 Å². The number of hydrogen-bond acceptors (Lipinski definition) is 5. The molecule has 29 heavy (non-hydrogen) atoms. The molecule has 3 rings (SSSR count). The Balaban J connectivity index is 1.59. The van der Waals surface area contributed by atoms with Gasteiger partial charge in [-0.05, 0) is 63.5 Å². The number of benzene rings is 1. The number of ether oxygens (including phenoxy) is 3. The predicted octanol–water partition coefficient (Wildman–Crippen LogP) is 4.29. The lowest BCUT2D eigenvalue weighted by molar-refractivity contribution is -0.136. The highest BCUT2D eigenvalue weighted by Gasteiger charge is 2.28. The first-order valence-electron chi connectivity index (χ1n) is 9.81. The van der Waals surface area contributed by atoms with Crippen molar-refractivity contribution in [1.29, 1.82) is 0 Å². The van der Waals surface area contributed by atoms with Crippen molar-refractivity contribution >= 4 is 17.8 Å². The fraction of sp³-hybridized carbons (Fsp3) is 0.391. The maximum absolute atomic E-state index is 12.5. The number of Topliss-reactive ketones (excluding diaryl/α,β-unsaturated/α-hetero) is 1. The van der Waals surface area contributed by atoms with Crippen LogP contribution in [0.25, 0.3) is 6.08 Å². The standard InChI is InChI=1S/C23H27NO5/c1-5-28-22-13-17(6-10-21(22)27-4)7-11-23(26)29-14-20(25)19-12-15(2)24(16(19)3)18-8-9-18/h6-7,10-13,18H,5,8-9,14H2,1-4H3/b11-7+. The summed E-state index contributed by atoms with van der Waals surface area (Å²) in [5, 5.41) is 0. The third kappa shape index (κ3) is 4.88. The van der Waals surface area contributed by atoms with Crippen LogP contribution in [0, 0.1) is 13.8 Å². The molecule has 0 saturated heterocycles. The van der Waals surface area contributed by atoms with Crippen molar-refractivity contribution in [2.45, 2.75) is 39.7 Å². The minimum Gasteiger partial charge on any atom is -0.493 e. The molecule has 1 saturated carbocycles. The van der Waals surface area contributed by atoms with E-state index in [1.165, 1.54) is 6.08 Å². The van der Waals surface area contributed by atoms with Gasteiger partial charge in [-0.15, -0.1) is 0 Å². The zero-order chi connectivity index (χ0) is 21.0. The number of carbonyl (C=O) groups is 2. The largest absolute Gasteiger partial charge is 0.493 e. The van der Waals surface area contributed by atoms with Crippen LogP contribution in [0.15, 0.2) is 30.3 Å². The van der Waals surface area contributed by atoms with Crippen LogP contribution in [0.4, 0.5) is 0 Å². The Morgan fingerprint density at radius 3 is 2.59 bits per heavy atom. The van der Waals surface area contributed by atoms with Crippen LogP contribution in [0.2, 0.25) is 0 Å². The molecule has 6 nitrogen and oxygen atoms in total. The first-order valence-corrected chi connectivity index (χ1v) is 9.81. The molecule has 1 aromatic carbocycles. The number of aromatic nitrogens is 1. The maximum Gasteiger partial charge on any atom is 0.331 e. The molecule has 1 heterocycles. The van der Waals surface area contributed by atoms with E-state index in [9.17, 15) is 9.59 Å². The van der Waals surface area contributed by atoms with Gasteiger partial charge in [-0.3, -0.25) is 4.79 Å². The summed E-state index contributed by atoms with van der Waals surface area (Å²) in [5.74, 6) is 0.477. The lowest BCUT2D eigenvalue weighted by Crippen LogP contribution is -2.13. The number of nitrogens with zero attached hydrogens (tertiary/aromatic N) is 1. The van der Waals surface area contributed by atoms with Crippen molar-refractivity contribution in [3.8, 4) is 11.5 Å². The zero-order valence-corrected chi connectivity index (χ0v) is 17.4. The van der Waals surface area contributed by atoms with Gasteiger partial charge in [-0.2, -0.15) is 0 Å². The molecular formula is C23H27NO5. The Morgan fingerprint density at radius 2 is 1.93 bits per heavy atom. The smallest absolute Gasteiger partial charge is 0.331 e. The van der Waals surface area contributed by atoms with Gasteiger partial charge in [-0.25, -0.2) is 4.79 Å². The van der Waals surface area contributed by atoms with Gasteiger partial charge in [0.2, 0.25) is 5.78 Å². The molecular weight excluding hydrogens is 370 g/mol. The molecule has 1 aliphatic rings. The van der Waals surface area contributed by atoms with Crippen LogP contribution in [-0.4, -0.2) is 36.6 Å². The fourth-order valence-electron chi connectivity index (χ4n) is 3.45. The minimum absolute atomic E-state index is 0.185. The van der Waals surface area contributed by atoms with Crippen LogP contribution in [0.5, 0.6) is 11.5 Å². The van der Waals surface area contributed by atoms with E-state index >= 15 is 0 Å². The van der Waals surface area contributed by atoms with Crippen molar-refractivity contribution in [2.75, 3.05) is 20.3 Å². The van der Waals surface area contributed by atoms with E-state index in [-0.39, 0.29) is 12.4 Å². The molecule has 0 bridgehead atoms. The lowest BCUT2D eigenvalue weighted by atomic mass is 10.1. The van der Waals surface area contributed by atoms with Crippen molar-refractivity contribution in [2.24, 2.45) is 0 Å². The summed E-state index contributed by atoms with van der Waals surface area (Å²) in [6.45, 7) is 6.07. The average Bonchev–Trinajstić information content (AvgIpc) is 3.49. The van der Waals surface area contributed by atoms with Crippen LogP contribution in [0.3, 0.4) is 0 Å². The van der Waals surface area contributed by atoms with Crippen LogP contribution < -0.4 is 9.47 Å². The number of ketones is 1. The highest BCUT2D eigenvalue weighted by atomic mass is 16.5. The van der Waals surface area contributed by atoms with E-state index in [2.05, 4.69) is 4.57 Å². The number of aryl methyl sites for hydroxylation is 1. The second kappa shape index (κ2) is 8.99. The molecule has 2 aromatic rings. The molecule has 0 aliphatic heterocycles. The molecule has 0 spiro atoms. The monoisotopic (exact) mass is 397 g/mol. The maximum atomic E-state index is 12.5. The Morgan fingerprint density at radius 1 is 1.17 bits per heavy atom. The Bertz CT molecular complexity index is 937. The molecule has 0 unspecified atom stereocenters. The van der Waals surface area contributed by atoms with Gasteiger partial charge in [0.05, 0.1) is 13.7 Å². The van der Waals surface area contributed by atoms with Crippen molar-refractivity contribution < 1.29 is 23.8 Å². The lowest BCUT2D eigenvalue weighted by Gasteiger charge is -2.09.